The highest BCUT2D eigenvalue weighted by atomic mass is 35.5. The van der Waals surface area contributed by atoms with Gasteiger partial charge in [0.05, 0.1) is 16.9 Å². The van der Waals surface area contributed by atoms with Crippen LogP contribution in [0.25, 0.3) is 0 Å². The topological polar surface area (TPSA) is 17.8 Å². The lowest BCUT2D eigenvalue weighted by molar-refractivity contribution is 0.550. The summed E-state index contributed by atoms with van der Waals surface area (Å²) in [6.45, 7) is 3.07. The van der Waals surface area contributed by atoms with Crippen LogP contribution in [0.3, 0.4) is 0 Å². The van der Waals surface area contributed by atoms with Crippen LogP contribution in [0.1, 0.15) is 18.5 Å². The molecule has 0 atom stereocenters. The predicted octanol–water partition coefficient (Wildman–Crippen LogP) is 2.25. The van der Waals surface area contributed by atoms with Crippen molar-refractivity contribution in [3.63, 3.8) is 0 Å². The molecule has 0 aromatic carbocycles. The zero-order valence-electron chi connectivity index (χ0n) is 6.55. The average Bonchev–Trinajstić information content (AvgIpc) is 2.74. The van der Waals surface area contributed by atoms with Gasteiger partial charge < -0.3 is 0 Å². The van der Waals surface area contributed by atoms with Crippen molar-refractivity contribution in [1.82, 2.24) is 9.78 Å². The zero-order chi connectivity index (χ0) is 7.84. The van der Waals surface area contributed by atoms with Crippen LogP contribution in [0.2, 0.25) is 5.02 Å². The zero-order valence-corrected chi connectivity index (χ0v) is 7.30. The van der Waals surface area contributed by atoms with Crippen LogP contribution in [0.15, 0.2) is 6.20 Å². The van der Waals surface area contributed by atoms with Gasteiger partial charge in [0.15, 0.2) is 0 Å². The van der Waals surface area contributed by atoms with Crippen molar-refractivity contribution in [2.75, 3.05) is 0 Å². The highest BCUT2D eigenvalue weighted by molar-refractivity contribution is 6.31. The van der Waals surface area contributed by atoms with Gasteiger partial charge in [0.1, 0.15) is 0 Å². The third-order valence-electron chi connectivity index (χ3n) is 2.17. The SMILES string of the molecule is Cc1c(Cl)cnn1CC1CC1. The predicted molar refractivity (Wildman–Crippen MR) is 44.7 cm³/mol. The Hall–Kier alpha value is -0.500. The third-order valence-corrected chi connectivity index (χ3v) is 2.54. The molecule has 0 unspecified atom stereocenters. The van der Waals surface area contributed by atoms with Crippen molar-refractivity contribution in [2.24, 2.45) is 5.92 Å². The molecular weight excluding hydrogens is 160 g/mol. The lowest BCUT2D eigenvalue weighted by Crippen LogP contribution is -2.03. The Balaban J connectivity index is 2.15. The first kappa shape index (κ1) is 7.17. The Bertz CT molecular complexity index is 263. The smallest absolute Gasteiger partial charge is 0.0814 e. The fourth-order valence-electron chi connectivity index (χ4n) is 1.15. The summed E-state index contributed by atoms with van der Waals surface area (Å²) >= 11 is 5.85. The van der Waals surface area contributed by atoms with Gasteiger partial charge in [-0.05, 0) is 25.7 Å². The number of nitrogens with zero attached hydrogens (tertiary/aromatic N) is 2. The Morgan fingerprint density at radius 2 is 2.45 bits per heavy atom. The molecule has 1 heterocycles. The van der Waals surface area contributed by atoms with Gasteiger partial charge >= 0.3 is 0 Å². The van der Waals surface area contributed by atoms with Gasteiger partial charge in [-0.25, -0.2) is 0 Å². The van der Waals surface area contributed by atoms with Gasteiger partial charge in [-0.2, -0.15) is 5.10 Å². The summed E-state index contributed by atoms with van der Waals surface area (Å²) in [5.41, 5.74) is 1.10. The largest absolute Gasteiger partial charge is 0.268 e. The maximum absolute atomic E-state index is 5.85. The molecule has 0 amide bonds. The van der Waals surface area contributed by atoms with Crippen molar-refractivity contribution in [2.45, 2.75) is 26.3 Å². The van der Waals surface area contributed by atoms with Crippen molar-refractivity contribution >= 4 is 11.6 Å². The van der Waals surface area contributed by atoms with E-state index in [0.29, 0.717) is 0 Å². The van der Waals surface area contributed by atoms with Gasteiger partial charge in [-0.15, -0.1) is 0 Å². The van der Waals surface area contributed by atoms with Crippen molar-refractivity contribution in [3.05, 3.63) is 16.9 Å². The van der Waals surface area contributed by atoms with Gasteiger partial charge in [0.2, 0.25) is 0 Å². The van der Waals surface area contributed by atoms with Gasteiger partial charge in [-0.1, -0.05) is 11.6 Å². The van der Waals surface area contributed by atoms with Crippen LogP contribution >= 0.6 is 11.6 Å². The molecule has 1 saturated carbocycles. The van der Waals surface area contributed by atoms with E-state index in [9.17, 15) is 0 Å². The van der Waals surface area contributed by atoms with E-state index < -0.39 is 0 Å². The first-order valence-electron chi connectivity index (χ1n) is 3.95. The number of hydrogen-bond donors (Lipinski definition) is 0. The lowest BCUT2D eigenvalue weighted by Gasteiger charge is -2.00. The monoisotopic (exact) mass is 170 g/mol. The van der Waals surface area contributed by atoms with Gasteiger partial charge in [-0.3, -0.25) is 4.68 Å². The van der Waals surface area contributed by atoms with E-state index in [4.69, 9.17) is 11.6 Å². The molecule has 1 aromatic rings. The lowest BCUT2D eigenvalue weighted by atomic mass is 10.4. The minimum atomic E-state index is 0.783. The first-order valence-corrected chi connectivity index (χ1v) is 4.33. The minimum absolute atomic E-state index is 0.783. The van der Waals surface area contributed by atoms with Crippen molar-refractivity contribution in [1.29, 1.82) is 0 Å². The van der Waals surface area contributed by atoms with Crippen LogP contribution < -0.4 is 0 Å². The highest BCUT2D eigenvalue weighted by Crippen LogP contribution is 2.31. The Morgan fingerprint density at radius 1 is 1.73 bits per heavy atom. The van der Waals surface area contributed by atoms with Gasteiger partial charge in [0.25, 0.3) is 0 Å². The maximum atomic E-state index is 5.85. The molecule has 1 aliphatic carbocycles. The second-order valence-corrected chi connectivity index (χ2v) is 3.61. The summed E-state index contributed by atoms with van der Waals surface area (Å²) < 4.78 is 2.00. The summed E-state index contributed by atoms with van der Waals surface area (Å²) in [4.78, 5) is 0. The van der Waals surface area contributed by atoms with Crippen molar-refractivity contribution in [3.8, 4) is 0 Å². The van der Waals surface area contributed by atoms with E-state index in [1.165, 1.54) is 12.8 Å². The normalized spacial score (nSPS) is 17.3. The molecule has 2 rings (SSSR count). The van der Waals surface area contributed by atoms with Crippen LogP contribution in [0.5, 0.6) is 0 Å². The molecule has 11 heavy (non-hydrogen) atoms. The van der Waals surface area contributed by atoms with Crippen LogP contribution in [-0.2, 0) is 6.54 Å². The molecule has 0 saturated heterocycles. The maximum Gasteiger partial charge on any atom is 0.0814 e. The van der Waals surface area contributed by atoms with Gasteiger partial charge in [0, 0.05) is 6.54 Å². The minimum Gasteiger partial charge on any atom is -0.268 e. The summed E-state index contributed by atoms with van der Waals surface area (Å²) in [6, 6.07) is 0. The van der Waals surface area contributed by atoms with E-state index in [-0.39, 0.29) is 0 Å². The average molecular weight is 171 g/mol. The Kier molecular flexibility index (Phi) is 1.64. The van der Waals surface area contributed by atoms with E-state index in [0.717, 1.165) is 23.2 Å². The third kappa shape index (κ3) is 1.41. The van der Waals surface area contributed by atoms with E-state index in [2.05, 4.69) is 5.10 Å². The molecule has 0 radical (unpaired) electrons. The quantitative estimate of drug-likeness (QED) is 0.666. The molecule has 0 bridgehead atoms. The Morgan fingerprint density at radius 3 is 2.91 bits per heavy atom. The number of aromatic nitrogens is 2. The fraction of sp³-hybridized carbons (Fsp3) is 0.625. The number of halogens is 1. The molecular formula is C8H11ClN2. The van der Waals surface area contributed by atoms with Crippen molar-refractivity contribution < 1.29 is 0 Å². The molecule has 1 fully saturated rings. The highest BCUT2D eigenvalue weighted by Gasteiger charge is 2.22. The second kappa shape index (κ2) is 2.52. The molecule has 0 N–H and O–H groups in total. The summed E-state index contributed by atoms with van der Waals surface area (Å²) in [7, 11) is 0. The molecule has 0 aliphatic heterocycles. The summed E-state index contributed by atoms with van der Waals surface area (Å²) in [5.74, 6) is 0.865. The molecule has 1 aromatic heterocycles. The standard InChI is InChI=1S/C8H11ClN2/c1-6-8(9)4-10-11(6)5-7-2-3-7/h4,7H,2-3,5H2,1H3. The van der Waals surface area contributed by atoms with E-state index in [1.54, 1.807) is 6.20 Å². The summed E-state index contributed by atoms with van der Waals surface area (Å²) in [6.07, 6.45) is 4.44. The Labute approximate surface area is 71.2 Å². The molecule has 60 valence electrons. The molecule has 2 nitrogen and oxygen atoms in total. The van der Waals surface area contributed by atoms with E-state index in [1.807, 2.05) is 11.6 Å². The number of hydrogen-bond acceptors (Lipinski definition) is 1. The molecule has 0 spiro atoms. The first-order chi connectivity index (χ1) is 5.27. The fourth-order valence-corrected chi connectivity index (χ4v) is 1.29. The van der Waals surface area contributed by atoms with Crippen LogP contribution in [0, 0.1) is 12.8 Å². The van der Waals surface area contributed by atoms with E-state index >= 15 is 0 Å². The summed E-state index contributed by atoms with van der Waals surface area (Å²) in [5, 5.41) is 4.96. The molecule has 3 heteroatoms. The number of rotatable bonds is 2. The van der Waals surface area contributed by atoms with Crippen LogP contribution in [-0.4, -0.2) is 9.78 Å². The van der Waals surface area contributed by atoms with Crippen LogP contribution in [0.4, 0.5) is 0 Å². The molecule has 1 aliphatic rings. The second-order valence-electron chi connectivity index (χ2n) is 3.20.